The van der Waals surface area contributed by atoms with E-state index in [-0.39, 0.29) is 23.0 Å². The van der Waals surface area contributed by atoms with Crippen molar-refractivity contribution in [2.45, 2.75) is 52.9 Å². The number of likely N-dealkylation sites (tertiary alicyclic amines) is 1. The van der Waals surface area contributed by atoms with E-state index in [1.54, 1.807) is 4.90 Å². The Balaban J connectivity index is 1.90. The van der Waals surface area contributed by atoms with Crippen molar-refractivity contribution in [3.8, 4) is 0 Å². The van der Waals surface area contributed by atoms with Gasteiger partial charge in [0.25, 0.3) is 0 Å². The summed E-state index contributed by atoms with van der Waals surface area (Å²) in [5, 5.41) is 0. The molecule has 1 amide bonds. The third-order valence-corrected chi connectivity index (χ3v) is 4.60. The van der Waals surface area contributed by atoms with Crippen LogP contribution in [0.25, 0.3) is 0 Å². The summed E-state index contributed by atoms with van der Waals surface area (Å²) in [7, 11) is 0. The molecular weight excluding hydrogens is 226 g/mol. The fourth-order valence-corrected chi connectivity index (χ4v) is 3.07. The van der Waals surface area contributed by atoms with Crippen molar-refractivity contribution >= 4 is 11.7 Å². The fraction of sp³-hybridized carbons (Fsp3) is 0.867. The van der Waals surface area contributed by atoms with Crippen LogP contribution in [0.5, 0.6) is 0 Å². The molecule has 1 saturated heterocycles. The van der Waals surface area contributed by atoms with Crippen LogP contribution in [0.1, 0.15) is 52.9 Å². The first-order chi connectivity index (χ1) is 8.38. The highest BCUT2D eigenvalue weighted by Crippen LogP contribution is 2.34. The van der Waals surface area contributed by atoms with Crippen molar-refractivity contribution in [1.82, 2.24) is 4.90 Å². The highest BCUT2D eigenvalue weighted by molar-refractivity contribution is 5.88. The number of rotatable bonds is 3. The zero-order valence-electron chi connectivity index (χ0n) is 11.9. The van der Waals surface area contributed by atoms with Gasteiger partial charge in [-0.2, -0.15) is 0 Å². The zero-order chi connectivity index (χ0) is 13.3. The predicted octanol–water partition coefficient (Wildman–Crippen LogP) is 2.64. The average molecular weight is 251 g/mol. The molecule has 1 saturated carbocycles. The summed E-state index contributed by atoms with van der Waals surface area (Å²) in [6, 6.07) is 0. The predicted molar refractivity (Wildman–Crippen MR) is 71.1 cm³/mol. The number of ketones is 1. The third-order valence-electron chi connectivity index (χ3n) is 4.60. The lowest BCUT2D eigenvalue weighted by molar-refractivity contribution is -0.133. The van der Waals surface area contributed by atoms with Crippen LogP contribution in [0.15, 0.2) is 0 Å². The van der Waals surface area contributed by atoms with E-state index in [0.717, 1.165) is 19.4 Å². The molecule has 0 bridgehead atoms. The Hall–Kier alpha value is -0.860. The second kappa shape index (κ2) is 5.02. The summed E-state index contributed by atoms with van der Waals surface area (Å²) in [6.45, 7) is 7.64. The van der Waals surface area contributed by atoms with Gasteiger partial charge in [-0.1, -0.05) is 33.6 Å². The second-order valence-electron chi connectivity index (χ2n) is 6.99. The van der Waals surface area contributed by atoms with E-state index in [9.17, 15) is 9.59 Å². The van der Waals surface area contributed by atoms with E-state index in [4.69, 9.17) is 0 Å². The van der Waals surface area contributed by atoms with Crippen molar-refractivity contribution < 1.29 is 9.59 Å². The van der Waals surface area contributed by atoms with E-state index in [0.29, 0.717) is 18.9 Å². The second-order valence-corrected chi connectivity index (χ2v) is 6.99. The molecule has 0 aromatic heterocycles. The molecule has 2 fully saturated rings. The van der Waals surface area contributed by atoms with Crippen molar-refractivity contribution in [2.24, 2.45) is 17.3 Å². The first-order valence-electron chi connectivity index (χ1n) is 7.18. The molecule has 1 atom stereocenters. The number of Topliss-reactive ketones (excluding diaryl/α,β-unsaturated/α-hetero) is 1. The maximum Gasteiger partial charge on any atom is 0.223 e. The highest BCUT2D eigenvalue weighted by Gasteiger charge is 2.38. The van der Waals surface area contributed by atoms with Crippen LogP contribution in [0.3, 0.4) is 0 Å². The molecule has 1 heterocycles. The van der Waals surface area contributed by atoms with Gasteiger partial charge in [0.2, 0.25) is 5.91 Å². The average Bonchev–Trinajstić information content (AvgIpc) is 2.87. The molecular formula is C15H25NO2. The number of nitrogens with zero attached hydrogens (tertiary/aromatic N) is 1. The first-order valence-corrected chi connectivity index (χ1v) is 7.18. The van der Waals surface area contributed by atoms with E-state index >= 15 is 0 Å². The SMILES string of the molecule is CC(C)(C)C1CC(=O)N(CC(=O)C2CCCC2)C1. The summed E-state index contributed by atoms with van der Waals surface area (Å²) in [4.78, 5) is 25.9. The molecule has 1 aliphatic carbocycles. The molecule has 0 N–H and O–H groups in total. The summed E-state index contributed by atoms with van der Waals surface area (Å²) in [6.07, 6.45) is 5.03. The number of carbonyl (C=O) groups is 2. The molecule has 18 heavy (non-hydrogen) atoms. The minimum atomic E-state index is 0.154. The molecule has 1 unspecified atom stereocenters. The molecule has 0 aromatic rings. The summed E-state index contributed by atoms with van der Waals surface area (Å²) in [5.74, 6) is 1.07. The lowest BCUT2D eigenvalue weighted by Crippen LogP contribution is -2.34. The van der Waals surface area contributed by atoms with Gasteiger partial charge < -0.3 is 4.90 Å². The number of hydrogen-bond acceptors (Lipinski definition) is 2. The van der Waals surface area contributed by atoms with Crippen molar-refractivity contribution in [3.63, 3.8) is 0 Å². The van der Waals surface area contributed by atoms with Crippen LogP contribution in [0.2, 0.25) is 0 Å². The largest absolute Gasteiger partial charge is 0.335 e. The molecule has 1 aliphatic heterocycles. The fourth-order valence-electron chi connectivity index (χ4n) is 3.07. The summed E-state index contributed by atoms with van der Waals surface area (Å²) >= 11 is 0. The van der Waals surface area contributed by atoms with Gasteiger partial charge in [-0.25, -0.2) is 0 Å². The van der Waals surface area contributed by atoms with Gasteiger partial charge in [0.05, 0.1) is 6.54 Å². The smallest absolute Gasteiger partial charge is 0.223 e. The molecule has 3 nitrogen and oxygen atoms in total. The lowest BCUT2D eigenvalue weighted by Gasteiger charge is -2.26. The Morgan fingerprint density at radius 1 is 1.28 bits per heavy atom. The lowest BCUT2D eigenvalue weighted by atomic mass is 9.80. The highest BCUT2D eigenvalue weighted by atomic mass is 16.2. The van der Waals surface area contributed by atoms with E-state index < -0.39 is 0 Å². The standard InChI is InChI=1S/C15H25NO2/c1-15(2,3)12-8-14(18)16(9-12)10-13(17)11-6-4-5-7-11/h11-12H,4-10H2,1-3H3. The first kappa shape index (κ1) is 13.6. The Kier molecular flexibility index (Phi) is 3.79. The third kappa shape index (κ3) is 2.93. The Morgan fingerprint density at radius 2 is 1.89 bits per heavy atom. The Labute approximate surface area is 110 Å². The molecule has 0 radical (unpaired) electrons. The van der Waals surface area contributed by atoms with Crippen molar-refractivity contribution in [1.29, 1.82) is 0 Å². The van der Waals surface area contributed by atoms with Gasteiger partial charge in [0.1, 0.15) is 0 Å². The Morgan fingerprint density at radius 3 is 2.39 bits per heavy atom. The van der Waals surface area contributed by atoms with Gasteiger partial charge in [-0.15, -0.1) is 0 Å². The van der Waals surface area contributed by atoms with Gasteiger partial charge in [-0.3, -0.25) is 9.59 Å². The van der Waals surface area contributed by atoms with Gasteiger partial charge in [0, 0.05) is 18.9 Å². The number of hydrogen-bond donors (Lipinski definition) is 0. The quantitative estimate of drug-likeness (QED) is 0.773. The molecule has 2 rings (SSSR count). The number of carbonyl (C=O) groups excluding carboxylic acids is 2. The van der Waals surface area contributed by atoms with Gasteiger partial charge in [-0.05, 0) is 24.2 Å². The minimum absolute atomic E-state index is 0.154. The van der Waals surface area contributed by atoms with E-state index in [2.05, 4.69) is 20.8 Å². The van der Waals surface area contributed by atoms with Crippen LogP contribution >= 0.6 is 0 Å². The van der Waals surface area contributed by atoms with Gasteiger partial charge in [0.15, 0.2) is 5.78 Å². The van der Waals surface area contributed by atoms with Gasteiger partial charge >= 0.3 is 0 Å². The summed E-state index contributed by atoms with van der Waals surface area (Å²) in [5.41, 5.74) is 0.154. The molecule has 0 spiro atoms. The van der Waals surface area contributed by atoms with E-state index in [1.165, 1.54) is 12.8 Å². The topological polar surface area (TPSA) is 37.4 Å². The molecule has 0 aromatic carbocycles. The van der Waals surface area contributed by atoms with E-state index in [1.807, 2.05) is 0 Å². The van der Waals surface area contributed by atoms with Crippen LogP contribution < -0.4 is 0 Å². The van der Waals surface area contributed by atoms with Crippen LogP contribution in [-0.2, 0) is 9.59 Å². The van der Waals surface area contributed by atoms with Crippen molar-refractivity contribution in [3.05, 3.63) is 0 Å². The van der Waals surface area contributed by atoms with Crippen LogP contribution in [0, 0.1) is 17.3 Å². The molecule has 102 valence electrons. The maximum absolute atomic E-state index is 12.1. The Bertz CT molecular complexity index is 337. The monoisotopic (exact) mass is 251 g/mol. The normalized spacial score (nSPS) is 26.1. The van der Waals surface area contributed by atoms with Crippen LogP contribution in [0.4, 0.5) is 0 Å². The van der Waals surface area contributed by atoms with Crippen molar-refractivity contribution in [2.75, 3.05) is 13.1 Å². The maximum atomic E-state index is 12.1. The van der Waals surface area contributed by atoms with Crippen LogP contribution in [-0.4, -0.2) is 29.7 Å². The zero-order valence-corrected chi connectivity index (χ0v) is 11.9. The molecule has 2 aliphatic rings. The minimum Gasteiger partial charge on any atom is -0.335 e. The number of amides is 1. The summed E-state index contributed by atoms with van der Waals surface area (Å²) < 4.78 is 0. The molecule has 3 heteroatoms.